The van der Waals surface area contributed by atoms with Gasteiger partial charge in [0.2, 0.25) is 0 Å². The van der Waals surface area contributed by atoms with Gasteiger partial charge in [0.25, 0.3) is 0 Å². The molecule has 0 aliphatic rings. The summed E-state index contributed by atoms with van der Waals surface area (Å²) in [5.74, 6) is -0.0408. The van der Waals surface area contributed by atoms with Gasteiger partial charge in [0.15, 0.2) is 5.88 Å². The van der Waals surface area contributed by atoms with Crippen LogP contribution in [0.15, 0.2) is 12.5 Å². The molecule has 0 saturated heterocycles. The number of unbranched alkanes of at least 4 members (excludes halogenated alkanes) is 1. The van der Waals surface area contributed by atoms with Gasteiger partial charge >= 0.3 is 0 Å². The fourth-order valence-electron chi connectivity index (χ4n) is 0.418. The van der Waals surface area contributed by atoms with Crippen molar-refractivity contribution in [1.29, 1.82) is 0 Å². The molecular weight excluding hydrogens is 118 g/mol. The van der Waals surface area contributed by atoms with E-state index < -0.39 is 0 Å². The van der Waals surface area contributed by atoms with Gasteiger partial charge in [0.1, 0.15) is 6.29 Å². The van der Waals surface area contributed by atoms with Crippen LogP contribution in [0.5, 0.6) is 0 Å². The zero-order valence-electron chi connectivity index (χ0n) is 5.26. The average Bonchev–Trinajstić information content (AvgIpc) is 1.80. The Balaban J connectivity index is 2.91. The van der Waals surface area contributed by atoms with E-state index in [1.807, 2.05) is 0 Å². The minimum Gasteiger partial charge on any atom is -0.495 e. The average molecular weight is 129 g/mol. The lowest BCUT2D eigenvalue weighted by atomic mass is 10.3. The third-order valence-corrected chi connectivity index (χ3v) is 0.828. The molecule has 0 heterocycles. The first-order chi connectivity index (χ1) is 4.27. The molecule has 0 bridgehead atoms. The number of nitrogens with one attached hydrogen (secondary N) is 1. The van der Waals surface area contributed by atoms with Crippen LogP contribution in [0.3, 0.4) is 0 Å². The summed E-state index contributed by atoms with van der Waals surface area (Å²) in [6, 6.07) is 0. The van der Waals surface area contributed by atoms with E-state index in [0.29, 0.717) is 13.0 Å². The highest BCUT2D eigenvalue weighted by Crippen LogP contribution is 1.82. The van der Waals surface area contributed by atoms with E-state index in [-0.39, 0.29) is 5.88 Å². The van der Waals surface area contributed by atoms with Crippen LogP contribution in [0.2, 0.25) is 0 Å². The predicted molar refractivity (Wildman–Crippen MR) is 35.1 cm³/mol. The highest BCUT2D eigenvalue weighted by atomic mass is 16.3. The van der Waals surface area contributed by atoms with Gasteiger partial charge in [-0.3, -0.25) is 0 Å². The first kappa shape index (κ1) is 8.01. The molecule has 0 radical (unpaired) electrons. The van der Waals surface area contributed by atoms with Gasteiger partial charge in [-0.1, -0.05) is 0 Å². The van der Waals surface area contributed by atoms with E-state index in [2.05, 4.69) is 11.9 Å². The normalized spacial score (nSPS) is 8.44. The summed E-state index contributed by atoms with van der Waals surface area (Å²) in [4.78, 5) is 9.74. The minimum atomic E-state index is -0.0408. The number of aliphatic hydroxyl groups is 1. The van der Waals surface area contributed by atoms with Gasteiger partial charge < -0.3 is 15.2 Å². The van der Waals surface area contributed by atoms with Crippen LogP contribution in [0.4, 0.5) is 0 Å². The molecule has 0 atom stereocenters. The Morgan fingerprint density at radius 3 is 2.89 bits per heavy atom. The van der Waals surface area contributed by atoms with Crippen molar-refractivity contribution in [2.75, 3.05) is 6.54 Å². The second-order valence-corrected chi connectivity index (χ2v) is 1.68. The fourth-order valence-corrected chi connectivity index (χ4v) is 0.418. The highest BCUT2D eigenvalue weighted by molar-refractivity contribution is 5.48. The van der Waals surface area contributed by atoms with Crippen molar-refractivity contribution in [3.63, 3.8) is 0 Å². The molecule has 0 aromatic carbocycles. The highest BCUT2D eigenvalue weighted by Gasteiger charge is 1.85. The first-order valence-electron chi connectivity index (χ1n) is 2.82. The van der Waals surface area contributed by atoms with Crippen LogP contribution in [-0.2, 0) is 4.79 Å². The van der Waals surface area contributed by atoms with Crippen LogP contribution in [0.25, 0.3) is 0 Å². The molecule has 3 heteroatoms. The van der Waals surface area contributed by atoms with Crippen LogP contribution in [-0.4, -0.2) is 17.9 Å². The molecule has 0 unspecified atom stereocenters. The van der Waals surface area contributed by atoms with Crippen molar-refractivity contribution in [3.8, 4) is 0 Å². The molecule has 2 N–H and O–H groups in total. The lowest BCUT2D eigenvalue weighted by molar-refractivity contribution is -0.107. The maximum absolute atomic E-state index is 9.74. The molecule has 0 rings (SSSR count). The van der Waals surface area contributed by atoms with Gasteiger partial charge in [-0.15, -0.1) is 0 Å². The van der Waals surface area contributed by atoms with Crippen LogP contribution in [0, 0.1) is 0 Å². The second-order valence-electron chi connectivity index (χ2n) is 1.68. The Bertz CT molecular complexity index is 101. The van der Waals surface area contributed by atoms with E-state index >= 15 is 0 Å². The number of hydrogen-bond donors (Lipinski definition) is 2. The zero-order valence-corrected chi connectivity index (χ0v) is 5.26. The van der Waals surface area contributed by atoms with Gasteiger partial charge in [0.05, 0.1) is 0 Å². The summed E-state index contributed by atoms with van der Waals surface area (Å²) in [7, 11) is 0. The Hall–Kier alpha value is -0.990. The van der Waals surface area contributed by atoms with Crippen molar-refractivity contribution in [1.82, 2.24) is 5.32 Å². The molecule has 52 valence electrons. The largest absolute Gasteiger partial charge is 0.495 e. The monoisotopic (exact) mass is 129 g/mol. The Kier molecular flexibility index (Phi) is 4.59. The summed E-state index contributed by atoms with van der Waals surface area (Å²) in [6.07, 6.45) is 2.12. The van der Waals surface area contributed by atoms with E-state index in [9.17, 15) is 4.79 Å². The van der Waals surface area contributed by atoms with Crippen LogP contribution in [0.1, 0.15) is 12.8 Å². The molecule has 0 aliphatic carbocycles. The van der Waals surface area contributed by atoms with E-state index in [0.717, 1.165) is 12.7 Å². The number of aliphatic hydroxyl groups excluding tert-OH is 1. The summed E-state index contributed by atoms with van der Waals surface area (Å²) in [5.41, 5.74) is 0. The molecular formula is C6H11NO2. The lowest BCUT2D eigenvalue weighted by Crippen LogP contribution is -2.12. The second kappa shape index (κ2) is 5.15. The molecule has 0 aromatic rings. The molecule has 0 aliphatic heterocycles. The number of carbonyl (C=O) groups is 1. The minimum absolute atomic E-state index is 0.0408. The van der Waals surface area contributed by atoms with E-state index in [1.165, 1.54) is 0 Å². The predicted octanol–water partition coefficient (Wildman–Crippen LogP) is 0.584. The fraction of sp³-hybridized carbons (Fsp3) is 0.500. The van der Waals surface area contributed by atoms with Crippen LogP contribution < -0.4 is 5.32 Å². The molecule has 3 nitrogen and oxygen atoms in total. The molecule has 9 heavy (non-hydrogen) atoms. The maximum Gasteiger partial charge on any atom is 0.176 e. The SMILES string of the molecule is C=C(O)NCCCC=O. The summed E-state index contributed by atoms with van der Waals surface area (Å²) < 4.78 is 0. The standard InChI is InChI=1S/C6H11NO2/c1-6(9)7-4-2-3-5-8/h5,7,9H,1-4H2. The van der Waals surface area contributed by atoms with Gasteiger partial charge in [-0.05, 0) is 13.0 Å². The first-order valence-corrected chi connectivity index (χ1v) is 2.82. The molecule has 0 aromatic heterocycles. The van der Waals surface area contributed by atoms with Gasteiger partial charge in [0, 0.05) is 13.0 Å². The van der Waals surface area contributed by atoms with Gasteiger partial charge in [-0.25, -0.2) is 0 Å². The lowest BCUT2D eigenvalue weighted by Gasteiger charge is -1.99. The van der Waals surface area contributed by atoms with Crippen molar-refractivity contribution in [2.24, 2.45) is 0 Å². The number of hydrogen-bond acceptors (Lipinski definition) is 3. The van der Waals surface area contributed by atoms with Crippen molar-refractivity contribution >= 4 is 6.29 Å². The van der Waals surface area contributed by atoms with E-state index in [1.54, 1.807) is 0 Å². The van der Waals surface area contributed by atoms with Crippen LogP contribution >= 0.6 is 0 Å². The number of rotatable bonds is 5. The Morgan fingerprint density at radius 1 is 1.78 bits per heavy atom. The quantitative estimate of drug-likeness (QED) is 0.324. The summed E-state index contributed by atoms with van der Waals surface area (Å²) >= 11 is 0. The molecule has 0 amide bonds. The molecule has 0 fully saturated rings. The maximum atomic E-state index is 9.74. The Morgan fingerprint density at radius 2 is 2.44 bits per heavy atom. The smallest absolute Gasteiger partial charge is 0.176 e. The van der Waals surface area contributed by atoms with Crippen molar-refractivity contribution < 1.29 is 9.90 Å². The summed E-state index contributed by atoms with van der Waals surface area (Å²) in [5, 5.41) is 11.0. The topological polar surface area (TPSA) is 49.3 Å². The van der Waals surface area contributed by atoms with Crippen molar-refractivity contribution in [3.05, 3.63) is 12.5 Å². The number of carbonyl (C=O) groups excluding carboxylic acids is 1. The molecule has 0 spiro atoms. The third kappa shape index (κ3) is 7.01. The molecule has 0 saturated carbocycles. The number of aldehydes is 1. The van der Waals surface area contributed by atoms with Gasteiger partial charge in [-0.2, -0.15) is 0 Å². The van der Waals surface area contributed by atoms with E-state index in [4.69, 9.17) is 5.11 Å². The summed E-state index contributed by atoms with van der Waals surface area (Å²) in [6.45, 7) is 3.81. The Labute approximate surface area is 54.4 Å². The zero-order chi connectivity index (χ0) is 7.11. The van der Waals surface area contributed by atoms with Crippen molar-refractivity contribution in [2.45, 2.75) is 12.8 Å². The third-order valence-electron chi connectivity index (χ3n) is 0.828.